The maximum atomic E-state index is 6.43. The Bertz CT molecular complexity index is 1350. The van der Waals surface area contributed by atoms with E-state index in [0.717, 1.165) is 41.8 Å². The van der Waals surface area contributed by atoms with Gasteiger partial charge in [0.05, 0.1) is 16.7 Å². The Kier molecular flexibility index (Phi) is 5.99. The molecule has 0 saturated carbocycles. The van der Waals surface area contributed by atoms with Crippen LogP contribution in [0.1, 0.15) is 30.4 Å². The van der Waals surface area contributed by atoms with Crippen LogP contribution in [-0.2, 0) is 13.6 Å². The van der Waals surface area contributed by atoms with Gasteiger partial charge < -0.3 is 5.32 Å². The molecule has 1 aliphatic heterocycles. The zero-order valence-corrected chi connectivity index (χ0v) is 19.3. The van der Waals surface area contributed by atoms with Gasteiger partial charge in [0.2, 0.25) is 5.95 Å². The van der Waals surface area contributed by atoms with Gasteiger partial charge in [-0.2, -0.15) is 5.10 Å². The van der Waals surface area contributed by atoms with Crippen LogP contribution in [0.25, 0.3) is 22.0 Å². The van der Waals surface area contributed by atoms with Gasteiger partial charge in [-0.15, -0.1) is 6.42 Å². The first-order valence-corrected chi connectivity index (χ1v) is 11.5. The van der Waals surface area contributed by atoms with Crippen LogP contribution in [0.5, 0.6) is 0 Å². The number of hydrogen-bond acceptors (Lipinski definition) is 5. The molecule has 1 aliphatic rings. The predicted octanol–water partition coefficient (Wildman–Crippen LogP) is 5.39. The second kappa shape index (κ2) is 9.22. The molecular weight excluding hydrogens is 432 g/mol. The number of nitrogens with one attached hydrogen (secondary N) is 1. The summed E-state index contributed by atoms with van der Waals surface area (Å²) in [5, 5.41) is 9.05. The first-order chi connectivity index (χ1) is 16.1. The second-order valence-electron chi connectivity index (χ2n) is 8.52. The number of aryl methyl sites for hydroxylation is 1. The third-order valence-electron chi connectivity index (χ3n) is 5.95. The van der Waals surface area contributed by atoms with Crippen molar-refractivity contribution in [3.8, 4) is 23.5 Å². The Balaban J connectivity index is 1.49. The fourth-order valence-corrected chi connectivity index (χ4v) is 4.61. The molecule has 1 fully saturated rings. The third kappa shape index (κ3) is 4.85. The fourth-order valence-electron chi connectivity index (χ4n) is 4.34. The number of anilines is 2. The Morgan fingerprint density at radius 2 is 1.91 bits per heavy atom. The van der Waals surface area contributed by atoms with E-state index >= 15 is 0 Å². The summed E-state index contributed by atoms with van der Waals surface area (Å²) < 4.78 is 1.82. The number of likely N-dealkylation sites (tertiary alicyclic amines) is 1. The van der Waals surface area contributed by atoms with Crippen LogP contribution in [0, 0.1) is 12.3 Å². The summed E-state index contributed by atoms with van der Waals surface area (Å²) in [5.41, 5.74) is 5.74. The normalized spacial score (nSPS) is 14.3. The number of terminal acetylenes is 1. The highest BCUT2D eigenvalue weighted by Crippen LogP contribution is 2.29. The van der Waals surface area contributed by atoms with Crippen molar-refractivity contribution in [2.75, 3.05) is 18.4 Å². The van der Waals surface area contributed by atoms with Crippen LogP contribution >= 0.6 is 11.6 Å². The van der Waals surface area contributed by atoms with Gasteiger partial charge in [0.15, 0.2) is 0 Å². The SMILES string of the molecule is C#Cc1cc(Cl)c2nc(Nc3cc(CN4CCCCC4)cc(-c4cnn(C)c4)c3)ncc2c1. The van der Waals surface area contributed by atoms with E-state index in [1.165, 1.54) is 24.8 Å². The topological polar surface area (TPSA) is 58.9 Å². The lowest BCUT2D eigenvalue weighted by atomic mass is 10.0. The molecule has 166 valence electrons. The van der Waals surface area contributed by atoms with E-state index < -0.39 is 0 Å². The molecule has 1 N–H and O–H groups in total. The standard InChI is InChI=1S/C26H25ClN6/c1-3-18-9-21-14-28-26(31-25(21)24(27)12-18)30-23-11-19(16-33-7-5-4-6-8-33)10-20(13-23)22-15-29-32(2)17-22/h1,9-15,17H,4-8,16H2,2H3,(H,28,30,31). The highest BCUT2D eigenvalue weighted by atomic mass is 35.5. The molecule has 1 saturated heterocycles. The Hall–Kier alpha value is -3.40. The molecule has 2 aromatic heterocycles. The van der Waals surface area contributed by atoms with Crippen molar-refractivity contribution < 1.29 is 0 Å². The highest BCUT2D eigenvalue weighted by Gasteiger charge is 2.13. The Labute approximate surface area is 198 Å². The molecule has 4 aromatic rings. The average molecular weight is 457 g/mol. The van der Waals surface area contributed by atoms with Gasteiger partial charge >= 0.3 is 0 Å². The van der Waals surface area contributed by atoms with Gasteiger partial charge in [0, 0.05) is 48.2 Å². The Morgan fingerprint density at radius 3 is 2.67 bits per heavy atom. The molecule has 7 heteroatoms. The first kappa shape index (κ1) is 21.4. The number of benzene rings is 2. The van der Waals surface area contributed by atoms with Crippen LogP contribution in [0.3, 0.4) is 0 Å². The minimum Gasteiger partial charge on any atom is -0.324 e. The summed E-state index contributed by atoms with van der Waals surface area (Å²) in [6.07, 6.45) is 15.0. The second-order valence-corrected chi connectivity index (χ2v) is 8.92. The smallest absolute Gasteiger partial charge is 0.227 e. The van der Waals surface area contributed by atoms with Crippen molar-refractivity contribution >= 4 is 34.1 Å². The van der Waals surface area contributed by atoms with E-state index in [0.29, 0.717) is 22.1 Å². The summed E-state index contributed by atoms with van der Waals surface area (Å²) >= 11 is 6.43. The molecule has 3 heterocycles. The number of rotatable bonds is 5. The molecule has 0 spiro atoms. The highest BCUT2D eigenvalue weighted by molar-refractivity contribution is 6.35. The molecule has 5 rings (SSSR count). The van der Waals surface area contributed by atoms with Gasteiger partial charge in [-0.05, 0) is 67.4 Å². The monoisotopic (exact) mass is 456 g/mol. The van der Waals surface area contributed by atoms with Crippen LogP contribution < -0.4 is 5.32 Å². The van der Waals surface area contributed by atoms with Gasteiger partial charge in [0.1, 0.15) is 0 Å². The van der Waals surface area contributed by atoms with Crippen LogP contribution in [0.15, 0.2) is 48.9 Å². The quantitative estimate of drug-likeness (QED) is 0.408. The number of halogens is 1. The van der Waals surface area contributed by atoms with Crippen molar-refractivity contribution in [1.82, 2.24) is 24.6 Å². The molecule has 0 atom stereocenters. The van der Waals surface area contributed by atoms with E-state index in [9.17, 15) is 0 Å². The number of piperidine rings is 1. The van der Waals surface area contributed by atoms with E-state index in [1.54, 1.807) is 12.3 Å². The summed E-state index contributed by atoms with van der Waals surface area (Å²) in [7, 11) is 1.93. The van der Waals surface area contributed by atoms with E-state index in [2.05, 4.69) is 49.4 Å². The average Bonchev–Trinajstić information content (AvgIpc) is 3.26. The van der Waals surface area contributed by atoms with Crippen molar-refractivity contribution in [2.45, 2.75) is 25.8 Å². The predicted molar refractivity (Wildman–Crippen MR) is 134 cm³/mol. The molecule has 0 amide bonds. The largest absolute Gasteiger partial charge is 0.324 e. The minimum atomic E-state index is 0.491. The van der Waals surface area contributed by atoms with Crippen molar-refractivity contribution in [2.24, 2.45) is 7.05 Å². The van der Waals surface area contributed by atoms with E-state index in [4.69, 9.17) is 18.0 Å². The summed E-state index contributed by atoms with van der Waals surface area (Å²) in [5.74, 6) is 3.10. The molecule has 2 aromatic carbocycles. The van der Waals surface area contributed by atoms with Crippen LogP contribution in [0.2, 0.25) is 5.02 Å². The Morgan fingerprint density at radius 1 is 1.06 bits per heavy atom. The van der Waals surface area contributed by atoms with E-state index in [1.807, 2.05) is 30.2 Å². The summed E-state index contributed by atoms with van der Waals surface area (Å²) in [6, 6.07) is 10.1. The molecule has 6 nitrogen and oxygen atoms in total. The summed E-state index contributed by atoms with van der Waals surface area (Å²) in [4.78, 5) is 11.7. The van der Waals surface area contributed by atoms with Gasteiger partial charge in [0.25, 0.3) is 0 Å². The molecule has 0 radical (unpaired) electrons. The molecule has 0 unspecified atom stereocenters. The lowest BCUT2D eigenvalue weighted by Crippen LogP contribution is -2.29. The van der Waals surface area contributed by atoms with Crippen molar-refractivity contribution in [1.29, 1.82) is 0 Å². The van der Waals surface area contributed by atoms with Gasteiger partial charge in [-0.3, -0.25) is 9.58 Å². The third-order valence-corrected chi connectivity index (χ3v) is 6.23. The lowest BCUT2D eigenvalue weighted by molar-refractivity contribution is 0.221. The molecule has 33 heavy (non-hydrogen) atoms. The molecule has 0 bridgehead atoms. The minimum absolute atomic E-state index is 0.491. The maximum absolute atomic E-state index is 6.43. The first-order valence-electron chi connectivity index (χ1n) is 11.1. The fraction of sp³-hybridized carbons (Fsp3) is 0.269. The van der Waals surface area contributed by atoms with Crippen LogP contribution in [0.4, 0.5) is 11.6 Å². The molecule has 0 aliphatic carbocycles. The number of fused-ring (bicyclic) bond motifs is 1. The van der Waals surface area contributed by atoms with Gasteiger partial charge in [-0.25, -0.2) is 9.97 Å². The van der Waals surface area contributed by atoms with Crippen LogP contribution in [-0.4, -0.2) is 37.7 Å². The van der Waals surface area contributed by atoms with Crippen molar-refractivity contribution in [3.63, 3.8) is 0 Å². The zero-order valence-electron chi connectivity index (χ0n) is 18.6. The van der Waals surface area contributed by atoms with E-state index in [-0.39, 0.29) is 0 Å². The lowest BCUT2D eigenvalue weighted by Gasteiger charge is -2.26. The number of aromatic nitrogens is 4. The zero-order chi connectivity index (χ0) is 22.8. The number of nitrogens with zero attached hydrogens (tertiary/aromatic N) is 5. The maximum Gasteiger partial charge on any atom is 0.227 e. The van der Waals surface area contributed by atoms with Crippen molar-refractivity contribution in [3.05, 3.63) is 65.1 Å². The number of hydrogen-bond donors (Lipinski definition) is 1. The summed E-state index contributed by atoms with van der Waals surface area (Å²) in [6.45, 7) is 3.21. The molecular formula is C26H25ClN6. The van der Waals surface area contributed by atoms with Gasteiger partial charge in [-0.1, -0.05) is 23.9 Å².